The molecule has 1 amide bonds. The van der Waals surface area contributed by atoms with E-state index >= 15 is 0 Å². The van der Waals surface area contributed by atoms with E-state index in [9.17, 15) is 9.59 Å². The summed E-state index contributed by atoms with van der Waals surface area (Å²) in [5, 5.41) is 8.47. The third-order valence-corrected chi connectivity index (χ3v) is 5.14. The van der Waals surface area contributed by atoms with Crippen molar-refractivity contribution in [2.45, 2.75) is 6.54 Å². The number of amides is 1. The quantitative estimate of drug-likeness (QED) is 0.275. The second-order valence-electron chi connectivity index (χ2n) is 7.45. The predicted octanol–water partition coefficient (Wildman–Crippen LogP) is 3.69. The molecule has 3 rings (SSSR count). The van der Waals surface area contributed by atoms with E-state index in [4.69, 9.17) is 5.21 Å². The summed E-state index contributed by atoms with van der Waals surface area (Å²) in [6.07, 6.45) is 6.17. The third-order valence-electron chi connectivity index (χ3n) is 5.14. The lowest BCUT2D eigenvalue weighted by Crippen LogP contribution is -2.43. The van der Waals surface area contributed by atoms with E-state index in [1.54, 1.807) is 23.7 Å². The second kappa shape index (κ2) is 13.8. The topological polar surface area (TPSA) is 72.9 Å². The van der Waals surface area contributed by atoms with Crippen LogP contribution in [0.4, 0.5) is 0 Å². The molecule has 2 N–H and O–H groups in total. The number of benzene rings is 2. The second-order valence-corrected chi connectivity index (χ2v) is 7.45. The number of piperazine rings is 1. The number of allylic oxidation sites excluding steroid dienone is 1. The van der Waals surface area contributed by atoms with Gasteiger partial charge in [0, 0.05) is 44.4 Å². The van der Waals surface area contributed by atoms with Gasteiger partial charge in [-0.2, -0.15) is 0 Å². The highest BCUT2D eigenvalue weighted by Crippen LogP contribution is 2.12. The van der Waals surface area contributed by atoms with Gasteiger partial charge < -0.3 is 4.90 Å². The molecule has 0 atom stereocenters. The van der Waals surface area contributed by atoms with Crippen molar-refractivity contribution >= 4 is 48.7 Å². The minimum absolute atomic E-state index is 0. The van der Waals surface area contributed by atoms with Gasteiger partial charge in [0.05, 0.1) is 0 Å². The molecule has 6 nitrogen and oxygen atoms in total. The Morgan fingerprint density at radius 1 is 0.875 bits per heavy atom. The first-order valence-corrected chi connectivity index (χ1v) is 9.98. The summed E-state index contributed by atoms with van der Waals surface area (Å²) in [6, 6.07) is 15.2. The molecular formula is C24H29Cl2N3O3. The highest BCUT2D eigenvalue weighted by Gasteiger charge is 2.13. The molecule has 0 spiro atoms. The molecule has 1 aliphatic heterocycles. The highest BCUT2D eigenvalue weighted by molar-refractivity contribution is 6.06. The van der Waals surface area contributed by atoms with Crippen molar-refractivity contribution in [1.29, 1.82) is 0 Å². The van der Waals surface area contributed by atoms with Crippen LogP contribution < -0.4 is 5.48 Å². The minimum Gasteiger partial charge on any atom is -0.304 e. The fourth-order valence-corrected chi connectivity index (χ4v) is 3.23. The summed E-state index contributed by atoms with van der Waals surface area (Å²) >= 11 is 0. The zero-order valence-electron chi connectivity index (χ0n) is 17.9. The van der Waals surface area contributed by atoms with Crippen molar-refractivity contribution in [2.24, 2.45) is 0 Å². The number of nitrogens with zero attached hydrogens (tertiary/aromatic N) is 2. The molecule has 1 saturated heterocycles. The molecule has 0 saturated carbocycles. The fourth-order valence-electron chi connectivity index (χ4n) is 3.23. The number of hydroxylamine groups is 1. The third kappa shape index (κ3) is 8.57. The first kappa shape index (κ1) is 27.6. The van der Waals surface area contributed by atoms with E-state index in [0.29, 0.717) is 5.56 Å². The van der Waals surface area contributed by atoms with Gasteiger partial charge in [0.15, 0.2) is 5.78 Å². The largest absolute Gasteiger partial charge is 0.304 e. The highest BCUT2D eigenvalue weighted by atomic mass is 35.5. The van der Waals surface area contributed by atoms with Crippen molar-refractivity contribution in [3.05, 3.63) is 82.9 Å². The van der Waals surface area contributed by atoms with Crippen LogP contribution in [0.5, 0.6) is 0 Å². The molecule has 0 bridgehead atoms. The fraction of sp³-hybridized carbons (Fsp3) is 0.250. The molecule has 0 radical (unpaired) electrons. The first-order valence-electron chi connectivity index (χ1n) is 9.98. The summed E-state index contributed by atoms with van der Waals surface area (Å²) in [6.45, 7) is 5.25. The molecule has 8 heteroatoms. The number of nitrogens with one attached hydrogen (secondary N) is 1. The number of hydrogen-bond acceptors (Lipinski definition) is 5. The Kier molecular flexibility index (Phi) is 11.9. The van der Waals surface area contributed by atoms with Gasteiger partial charge in [-0.15, -0.1) is 24.8 Å². The van der Waals surface area contributed by atoms with Crippen molar-refractivity contribution in [2.75, 3.05) is 33.2 Å². The maximum absolute atomic E-state index is 12.5. The van der Waals surface area contributed by atoms with Gasteiger partial charge in [0.1, 0.15) is 0 Å². The number of rotatable bonds is 7. The number of halogens is 2. The monoisotopic (exact) mass is 477 g/mol. The van der Waals surface area contributed by atoms with E-state index in [0.717, 1.165) is 43.9 Å². The van der Waals surface area contributed by atoms with Gasteiger partial charge in [-0.1, -0.05) is 54.6 Å². The van der Waals surface area contributed by atoms with Gasteiger partial charge in [-0.3, -0.25) is 19.7 Å². The van der Waals surface area contributed by atoms with Crippen LogP contribution in [-0.2, 0) is 11.3 Å². The summed E-state index contributed by atoms with van der Waals surface area (Å²) in [5.41, 5.74) is 5.14. The standard InChI is InChI=1S/C24H27N3O3.2ClH/c1-26-14-16-27(17-15-26)18-21-6-10-22(11-7-21)23(28)12-8-19-2-4-20(5-3-19)9-13-24(29)25-30;;/h2-13,30H,14-18H2,1H3,(H,25,29);2*1H/b12-8+,13-9+;;. The lowest BCUT2D eigenvalue weighted by atomic mass is 10.1. The molecule has 2 aromatic rings. The Morgan fingerprint density at radius 3 is 1.94 bits per heavy atom. The predicted molar refractivity (Wildman–Crippen MR) is 132 cm³/mol. The molecule has 172 valence electrons. The molecule has 1 heterocycles. The van der Waals surface area contributed by atoms with Crippen molar-refractivity contribution in [3.8, 4) is 0 Å². The minimum atomic E-state index is -0.584. The number of carbonyl (C=O) groups is 2. The molecule has 1 fully saturated rings. The van der Waals surface area contributed by atoms with Gasteiger partial charge in [0.2, 0.25) is 0 Å². The normalized spacial score (nSPS) is 14.7. The summed E-state index contributed by atoms with van der Waals surface area (Å²) in [5.74, 6) is -0.621. The molecule has 2 aromatic carbocycles. The Hall–Kier alpha value is -2.48. The average Bonchev–Trinajstić information content (AvgIpc) is 2.78. The molecular weight excluding hydrogens is 449 g/mol. The van der Waals surface area contributed by atoms with Crippen LogP contribution in [0.3, 0.4) is 0 Å². The van der Waals surface area contributed by atoms with Crippen LogP contribution in [0.15, 0.2) is 60.7 Å². The molecule has 0 aromatic heterocycles. The van der Waals surface area contributed by atoms with Crippen LogP contribution >= 0.6 is 24.8 Å². The number of likely N-dealkylation sites (N-methyl/N-ethyl adjacent to an activating group) is 1. The lowest BCUT2D eigenvalue weighted by Gasteiger charge is -2.32. The van der Waals surface area contributed by atoms with E-state index in [2.05, 4.69) is 16.8 Å². The summed E-state index contributed by atoms with van der Waals surface area (Å²) in [7, 11) is 2.15. The Labute approximate surface area is 201 Å². The number of carbonyl (C=O) groups excluding carboxylic acids is 2. The lowest BCUT2D eigenvalue weighted by molar-refractivity contribution is -0.124. The van der Waals surface area contributed by atoms with Gasteiger partial charge in [-0.25, -0.2) is 5.48 Å². The SMILES string of the molecule is CN1CCN(Cc2ccc(C(=O)/C=C/c3ccc(/C=C/C(=O)NO)cc3)cc2)CC1.Cl.Cl. The average molecular weight is 478 g/mol. The Balaban J connectivity index is 0.00000256. The summed E-state index contributed by atoms with van der Waals surface area (Å²) < 4.78 is 0. The maximum Gasteiger partial charge on any atom is 0.267 e. The van der Waals surface area contributed by atoms with E-state index in [1.807, 2.05) is 48.5 Å². The zero-order chi connectivity index (χ0) is 21.3. The van der Waals surface area contributed by atoms with Crippen molar-refractivity contribution < 1.29 is 14.8 Å². The van der Waals surface area contributed by atoms with Gasteiger partial charge in [-0.05, 0) is 35.9 Å². The van der Waals surface area contributed by atoms with Crippen LogP contribution in [0, 0.1) is 0 Å². The Bertz CT molecular complexity index is 921. The van der Waals surface area contributed by atoms with E-state index in [-0.39, 0.29) is 30.6 Å². The van der Waals surface area contributed by atoms with Crippen molar-refractivity contribution in [3.63, 3.8) is 0 Å². The number of ketones is 1. The van der Waals surface area contributed by atoms with Crippen LogP contribution in [0.2, 0.25) is 0 Å². The van der Waals surface area contributed by atoms with Gasteiger partial charge in [0.25, 0.3) is 5.91 Å². The number of hydrogen-bond donors (Lipinski definition) is 2. The maximum atomic E-state index is 12.5. The summed E-state index contributed by atoms with van der Waals surface area (Å²) in [4.78, 5) is 28.2. The molecule has 1 aliphatic rings. The van der Waals surface area contributed by atoms with Crippen LogP contribution in [-0.4, -0.2) is 59.9 Å². The molecule has 0 unspecified atom stereocenters. The molecule has 0 aliphatic carbocycles. The van der Waals surface area contributed by atoms with Crippen molar-refractivity contribution in [1.82, 2.24) is 15.3 Å². The van der Waals surface area contributed by atoms with E-state index in [1.165, 1.54) is 11.6 Å². The molecule has 32 heavy (non-hydrogen) atoms. The van der Waals surface area contributed by atoms with Gasteiger partial charge >= 0.3 is 0 Å². The van der Waals surface area contributed by atoms with E-state index < -0.39 is 5.91 Å². The first-order chi connectivity index (χ1) is 14.5. The smallest absolute Gasteiger partial charge is 0.267 e. The zero-order valence-corrected chi connectivity index (χ0v) is 19.6. The van der Waals surface area contributed by atoms with Crippen LogP contribution in [0.1, 0.15) is 27.0 Å². The van der Waals surface area contributed by atoms with Crippen LogP contribution in [0.25, 0.3) is 12.2 Å². The Morgan fingerprint density at radius 2 is 1.41 bits per heavy atom.